The molecule has 1 aliphatic carbocycles. The molecule has 7 heteroatoms. The molecular formula is C20H23FN2O3S. The van der Waals surface area contributed by atoms with Gasteiger partial charge in [-0.1, -0.05) is 6.07 Å². The number of amides is 1. The van der Waals surface area contributed by atoms with E-state index in [0.29, 0.717) is 11.5 Å². The molecular weight excluding hydrogens is 367 g/mol. The fourth-order valence-electron chi connectivity index (χ4n) is 3.00. The van der Waals surface area contributed by atoms with Crippen LogP contribution in [0.4, 0.5) is 10.1 Å². The Balaban J connectivity index is 1.87. The van der Waals surface area contributed by atoms with Gasteiger partial charge in [0.05, 0.1) is 4.90 Å². The van der Waals surface area contributed by atoms with E-state index in [-0.39, 0.29) is 22.5 Å². The molecule has 2 aromatic rings. The van der Waals surface area contributed by atoms with E-state index in [1.807, 2.05) is 6.92 Å². The van der Waals surface area contributed by atoms with E-state index in [9.17, 15) is 17.6 Å². The lowest BCUT2D eigenvalue weighted by Gasteiger charge is -2.25. The zero-order chi connectivity index (χ0) is 19.8. The van der Waals surface area contributed by atoms with Crippen molar-refractivity contribution in [3.8, 4) is 0 Å². The van der Waals surface area contributed by atoms with Gasteiger partial charge in [0, 0.05) is 24.3 Å². The highest BCUT2D eigenvalue weighted by Gasteiger charge is 2.33. The summed E-state index contributed by atoms with van der Waals surface area (Å²) in [4.78, 5) is 14.6. The second-order valence-electron chi connectivity index (χ2n) is 7.08. The smallest absolute Gasteiger partial charge is 0.261 e. The van der Waals surface area contributed by atoms with Gasteiger partial charge in [0.2, 0.25) is 0 Å². The summed E-state index contributed by atoms with van der Waals surface area (Å²) < 4.78 is 40.7. The number of anilines is 1. The molecule has 0 saturated heterocycles. The molecule has 1 amide bonds. The molecule has 1 unspecified atom stereocenters. The molecule has 1 N–H and O–H groups in total. The van der Waals surface area contributed by atoms with Crippen LogP contribution >= 0.6 is 0 Å². The van der Waals surface area contributed by atoms with Crippen LogP contribution in [0.1, 0.15) is 35.7 Å². The van der Waals surface area contributed by atoms with Gasteiger partial charge in [-0.2, -0.15) is 0 Å². The average Bonchev–Trinajstić information content (AvgIpc) is 3.47. The Morgan fingerprint density at radius 1 is 1.19 bits per heavy atom. The molecule has 1 fully saturated rings. The number of nitrogens with zero attached hydrogens (tertiary/aromatic N) is 1. The molecule has 1 saturated carbocycles. The summed E-state index contributed by atoms with van der Waals surface area (Å²) in [5, 5.41) is 0. The molecule has 0 bridgehead atoms. The largest absolute Gasteiger partial charge is 0.339 e. The van der Waals surface area contributed by atoms with Crippen LogP contribution in [-0.4, -0.2) is 32.3 Å². The minimum Gasteiger partial charge on any atom is -0.339 e. The number of hydrogen-bond donors (Lipinski definition) is 1. The third-order valence-electron chi connectivity index (χ3n) is 5.08. The lowest BCUT2D eigenvalue weighted by atomic mass is 10.1. The van der Waals surface area contributed by atoms with Crippen LogP contribution in [0.2, 0.25) is 0 Å². The Kier molecular flexibility index (Phi) is 5.24. The summed E-state index contributed by atoms with van der Waals surface area (Å²) in [6.07, 6.45) is 2.24. The first kappa shape index (κ1) is 19.4. The normalized spacial score (nSPS) is 15.3. The Bertz CT molecular complexity index is 954. The number of benzene rings is 2. The maximum Gasteiger partial charge on any atom is 0.261 e. The maximum atomic E-state index is 13.0. The Morgan fingerprint density at radius 2 is 1.81 bits per heavy atom. The number of rotatable bonds is 6. The minimum atomic E-state index is -3.89. The Morgan fingerprint density at radius 3 is 2.41 bits per heavy atom. The van der Waals surface area contributed by atoms with E-state index in [1.54, 1.807) is 24.9 Å². The van der Waals surface area contributed by atoms with E-state index in [2.05, 4.69) is 4.72 Å². The first-order valence-electron chi connectivity index (χ1n) is 8.85. The molecule has 3 rings (SSSR count). The highest BCUT2D eigenvalue weighted by Crippen LogP contribution is 2.35. The number of aryl methyl sites for hydroxylation is 1. The van der Waals surface area contributed by atoms with Crippen molar-refractivity contribution in [1.82, 2.24) is 4.90 Å². The van der Waals surface area contributed by atoms with Crippen LogP contribution in [0.25, 0.3) is 0 Å². The fraction of sp³-hybridized carbons (Fsp3) is 0.350. The molecule has 5 nitrogen and oxygen atoms in total. The van der Waals surface area contributed by atoms with Crippen molar-refractivity contribution >= 4 is 21.6 Å². The number of hydrogen-bond acceptors (Lipinski definition) is 3. The summed E-state index contributed by atoms with van der Waals surface area (Å²) in [5.41, 5.74) is 1.34. The van der Waals surface area contributed by atoms with Crippen molar-refractivity contribution < 1.29 is 17.6 Å². The van der Waals surface area contributed by atoms with Crippen molar-refractivity contribution in [1.29, 1.82) is 0 Å². The van der Waals surface area contributed by atoms with E-state index in [1.165, 1.54) is 36.4 Å². The van der Waals surface area contributed by atoms with Crippen molar-refractivity contribution in [3.63, 3.8) is 0 Å². The number of halogens is 1. The van der Waals surface area contributed by atoms with Gasteiger partial charge in [0.1, 0.15) is 5.82 Å². The molecule has 1 atom stereocenters. The second kappa shape index (κ2) is 7.31. The van der Waals surface area contributed by atoms with Crippen LogP contribution in [0.5, 0.6) is 0 Å². The molecule has 1 aliphatic rings. The number of sulfonamides is 1. The standard InChI is InChI=1S/C20H23FN2O3S/c1-13-4-11-18(27(25,26)22-17-9-7-16(21)8-10-17)12-19(13)20(24)23(3)14(2)15-5-6-15/h4,7-12,14-15,22H,5-6H2,1-3H3. The zero-order valence-electron chi connectivity index (χ0n) is 15.6. The van der Waals surface area contributed by atoms with E-state index in [4.69, 9.17) is 0 Å². The molecule has 144 valence electrons. The quantitative estimate of drug-likeness (QED) is 0.816. The van der Waals surface area contributed by atoms with E-state index < -0.39 is 15.8 Å². The lowest BCUT2D eigenvalue weighted by Crippen LogP contribution is -2.36. The molecule has 0 aromatic heterocycles. The Labute approximate surface area is 159 Å². The molecule has 0 aliphatic heterocycles. The van der Waals surface area contributed by atoms with Crippen LogP contribution in [0.15, 0.2) is 47.4 Å². The first-order valence-corrected chi connectivity index (χ1v) is 10.3. The third kappa shape index (κ3) is 4.30. The number of nitrogens with one attached hydrogen (secondary N) is 1. The highest BCUT2D eigenvalue weighted by molar-refractivity contribution is 7.92. The molecule has 0 heterocycles. The van der Waals surface area contributed by atoms with Crippen molar-refractivity contribution in [2.75, 3.05) is 11.8 Å². The van der Waals surface area contributed by atoms with Gasteiger partial charge in [-0.15, -0.1) is 0 Å². The van der Waals surface area contributed by atoms with Gasteiger partial charge in [-0.05, 0) is 74.6 Å². The predicted octanol–water partition coefficient (Wildman–Crippen LogP) is 3.81. The van der Waals surface area contributed by atoms with Gasteiger partial charge >= 0.3 is 0 Å². The van der Waals surface area contributed by atoms with Gasteiger partial charge < -0.3 is 4.90 Å². The summed E-state index contributed by atoms with van der Waals surface area (Å²) in [6, 6.07) is 9.65. The van der Waals surface area contributed by atoms with Crippen LogP contribution in [0.3, 0.4) is 0 Å². The van der Waals surface area contributed by atoms with E-state index in [0.717, 1.165) is 18.4 Å². The van der Waals surface area contributed by atoms with Crippen LogP contribution in [0, 0.1) is 18.7 Å². The first-order chi connectivity index (χ1) is 12.7. The summed E-state index contributed by atoms with van der Waals surface area (Å²) in [6.45, 7) is 3.80. The Hall–Kier alpha value is -2.41. The van der Waals surface area contributed by atoms with Crippen molar-refractivity contribution in [2.45, 2.75) is 37.6 Å². The topological polar surface area (TPSA) is 66.5 Å². The predicted molar refractivity (Wildman–Crippen MR) is 103 cm³/mol. The molecule has 0 spiro atoms. The van der Waals surface area contributed by atoms with E-state index >= 15 is 0 Å². The van der Waals surface area contributed by atoms with Crippen LogP contribution in [-0.2, 0) is 10.0 Å². The van der Waals surface area contributed by atoms with Crippen molar-refractivity contribution in [3.05, 3.63) is 59.4 Å². The van der Waals surface area contributed by atoms with Gasteiger partial charge in [0.15, 0.2) is 0 Å². The number of carbonyl (C=O) groups is 1. The zero-order valence-corrected chi connectivity index (χ0v) is 16.4. The average molecular weight is 390 g/mol. The second-order valence-corrected chi connectivity index (χ2v) is 8.77. The maximum absolute atomic E-state index is 13.0. The van der Waals surface area contributed by atoms with Gasteiger partial charge in [-0.25, -0.2) is 12.8 Å². The van der Waals surface area contributed by atoms with Crippen molar-refractivity contribution in [2.24, 2.45) is 5.92 Å². The molecule has 27 heavy (non-hydrogen) atoms. The lowest BCUT2D eigenvalue weighted by molar-refractivity contribution is 0.0726. The third-order valence-corrected chi connectivity index (χ3v) is 6.46. The highest BCUT2D eigenvalue weighted by atomic mass is 32.2. The summed E-state index contributed by atoms with van der Waals surface area (Å²) in [5.74, 6) is -0.119. The van der Waals surface area contributed by atoms with Gasteiger partial charge in [-0.3, -0.25) is 9.52 Å². The SMILES string of the molecule is Cc1ccc(S(=O)(=O)Nc2ccc(F)cc2)cc1C(=O)N(C)C(C)C1CC1. The monoisotopic (exact) mass is 390 g/mol. The summed E-state index contributed by atoms with van der Waals surface area (Å²) >= 11 is 0. The van der Waals surface area contributed by atoms with Crippen LogP contribution < -0.4 is 4.72 Å². The fourth-order valence-corrected chi connectivity index (χ4v) is 4.08. The van der Waals surface area contributed by atoms with Gasteiger partial charge in [0.25, 0.3) is 15.9 Å². The summed E-state index contributed by atoms with van der Waals surface area (Å²) in [7, 11) is -2.14. The molecule has 2 aromatic carbocycles. The number of carbonyl (C=O) groups excluding carboxylic acids is 1. The molecule has 0 radical (unpaired) electrons. The minimum absolute atomic E-state index is 0.00625.